The highest BCUT2D eigenvalue weighted by molar-refractivity contribution is 6.31. The molecule has 0 aliphatic carbocycles. The molecule has 0 aliphatic rings. The van der Waals surface area contributed by atoms with Crippen LogP contribution in [0.3, 0.4) is 0 Å². The molecule has 108 valence electrons. The molecular formula is C15H24ClNO2. The maximum Gasteiger partial charge on any atom is 0.162 e. The first-order chi connectivity index (χ1) is 9.13. The zero-order valence-corrected chi connectivity index (χ0v) is 12.8. The number of halogens is 1. The Bertz CT molecular complexity index is 396. The third kappa shape index (κ3) is 4.59. The molecule has 0 fully saturated rings. The van der Waals surface area contributed by atoms with Crippen molar-refractivity contribution in [2.24, 2.45) is 5.73 Å². The van der Waals surface area contributed by atoms with Crippen molar-refractivity contribution in [1.82, 2.24) is 0 Å². The third-order valence-corrected chi connectivity index (χ3v) is 3.26. The second kappa shape index (κ2) is 8.28. The van der Waals surface area contributed by atoms with Crippen molar-refractivity contribution in [3.8, 4) is 11.5 Å². The molecule has 0 bridgehead atoms. The Balaban J connectivity index is 3.01. The van der Waals surface area contributed by atoms with Crippen molar-refractivity contribution in [2.45, 2.75) is 46.1 Å². The molecule has 1 atom stereocenters. The van der Waals surface area contributed by atoms with Crippen molar-refractivity contribution in [3.05, 3.63) is 22.7 Å². The van der Waals surface area contributed by atoms with Gasteiger partial charge < -0.3 is 15.2 Å². The molecule has 0 aromatic heterocycles. The predicted octanol–water partition coefficient (Wildman–Crippen LogP) is 4.33. The molecule has 1 rings (SSSR count). The molecule has 0 spiro atoms. The molecular weight excluding hydrogens is 262 g/mol. The van der Waals surface area contributed by atoms with E-state index in [-0.39, 0.29) is 6.04 Å². The SMILES string of the molecule is CCCCC(N)c1cc(OCC)c(OCC)cc1Cl. The van der Waals surface area contributed by atoms with Gasteiger partial charge in [0.15, 0.2) is 11.5 Å². The molecule has 0 radical (unpaired) electrons. The number of nitrogens with two attached hydrogens (primary N) is 1. The fourth-order valence-electron chi connectivity index (χ4n) is 1.95. The predicted molar refractivity (Wildman–Crippen MR) is 80.2 cm³/mol. The summed E-state index contributed by atoms with van der Waals surface area (Å²) in [6, 6.07) is 3.66. The lowest BCUT2D eigenvalue weighted by molar-refractivity contribution is 0.287. The van der Waals surface area contributed by atoms with Crippen LogP contribution in [0.4, 0.5) is 0 Å². The summed E-state index contributed by atoms with van der Waals surface area (Å²) in [5.41, 5.74) is 7.12. The van der Waals surface area contributed by atoms with Crippen LogP contribution in [0.1, 0.15) is 51.6 Å². The lowest BCUT2D eigenvalue weighted by Gasteiger charge is -2.18. The minimum atomic E-state index is -0.0534. The minimum Gasteiger partial charge on any atom is -0.490 e. The van der Waals surface area contributed by atoms with Crippen molar-refractivity contribution < 1.29 is 9.47 Å². The van der Waals surface area contributed by atoms with E-state index in [1.807, 2.05) is 19.9 Å². The van der Waals surface area contributed by atoms with Crippen LogP contribution < -0.4 is 15.2 Å². The Labute approximate surface area is 121 Å². The first kappa shape index (κ1) is 16.1. The summed E-state index contributed by atoms with van der Waals surface area (Å²) in [6.45, 7) is 7.20. The van der Waals surface area contributed by atoms with Gasteiger partial charge in [0.25, 0.3) is 0 Å². The quantitative estimate of drug-likeness (QED) is 0.773. The summed E-state index contributed by atoms with van der Waals surface area (Å²) in [7, 11) is 0. The first-order valence-electron chi connectivity index (χ1n) is 6.98. The molecule has 1 aromatic carbocycles. The summed E-state index contributed by atoms with van der Waals surface area (Å²) >= 11 is 6.30. The van der Waals surface area contributed by atoms with E-state index in [2.05, 4.69) is 6.92 Å². The number of benzene rings is 1. The van der Waals surface area contributed by atoms with E-state index in [4.69, 9.17) is 26.8 Å². The largest absolute Gasteiger partial charge is 0.490 e. The molecule has 0 saturated heterocycles. The van der Waals surface area contributed by atoms with Crippen LogP contribution >= 0.6 is 11.6 Å². The Morgan fingerprint density at radius 2 is 1.68 bits per heavy atom. The van der Waals surface area contributed by atoms with Gasteiger partial charge in [-0.25, -0.2) is 0 Å². The molecule has 0 heterocycles. The van der Waals surface area contributed by atoms with Crippen molar-refractivity contribution in [3.63, 3.8) is 0 Å². The van der Waals surface area contributed by atoms with E-state index in [1.54, 1.807) is 6.07 Å². The van der Waals surface area contributed by atoms with E-state index in [1.165, 1.54) is 0 Å². The van der Waals surface area contributed by atoms with E-state index in [0.717, 1.165) is 30.6 Å². The number of ether oxygens (including phenoxy) is 2. The van der Waals surface area contributed by atoms with Crippen molar-refractivity contribution in [1.29, 1.82) is 0 Å². The first-order valence-corrected chi connectivity index (χ1v) is 7.36. The van der Waals surface area contributed by atoms with Crippen LogP contribution in [0.15, 0.2) is 12.1 Å². The zero-order valence-electron chi connectivity index (χ0n) is 12.0. The van der Waals surface area contributed by atoms with Crippen LogP contribution in [0, 0.1) is 0 Å². The van der Waals surface area contributed by atoms with Gasteiger partial charge in [-0.3, -0.25) is 0 Å². The van der Waals surface area contributed by atoms with E-state index >= 15 is 0 Å². The second-order valence-electron chi connectivity index (χ2n) is 4.44. The van der Waals surface area contributed by atoms with Crippen molar-refractivity contribution >= 4 is 11.6 Å². The summed E-state index contributed by atoms with van der Waals surface area (Å²) in [4.78, 5) is 0. The van der Waals surface area contributed by atoms with Gasteiger partial charge >= 0.3 is 0 Å². The maximum atomic E-state index is 6.30. The van der Waals surface area contributed by atoms with E-state index < -0.39 is 0 Å². The molecule has 1 unspecified atom stereocenters. The zero-order chi connectivity index (χ0) is 14.3. The van der Waals surface area contributed by atoms with Crippen LogP contribution in [0.5, 0.6) is 11.5 Å². The fraction of sp³-hybridized carbons (Fsp3) is 0.600. The lowest BCUT2D eigenvalue weighted by atomic mass is 10.0. The Morgan fingerprint density at radius 1 is 1.11 bits per heavy atom. The molecule has 2 N–H and O–H groups in total. The topological polar surface area (TPSA) is 44.5 Å². The molecule has 1 aromatic rings. The molecule has 3 nitrogen and oxygen atoms in total. The van der Waals surface area contributed by atoms with Crippen LogP contribution in [-0.2, 0) is 0 Å². The lowest BCUT2D eigenvalue weighted by Crippen LogP contribution is -2.11. The molecule has 0 saturated carbocycles. The minimum absolute atomic E-state index is 0.0534. The van der Waals surface area contributed by atoms with Gasteiger partial charge in [0.2, 0.25) is 0 Å². The highest BCUT2D eigenvalue weighted by Crippen LogP contribution is 2.36. The second-order valence-corrected chi connectivity index (χ2v) is 4.84. The number of unbranched alkanes of at least 4 members (excludes halogenated alkanes) is 1. The van der Waals surface area contributed by atoms with Gasteiger partial charge in [0.1, 0.15) is 0 Å². The maximum absolute atomic E-state index is 6.30. The average Bonchev–Trinajstić information content (AvgIpc) is 2.39. The number of hydrogen-bond donors (Lipinski definition) is 1. The summed E-state index contributed by atoms with van der Waals surface area (Å²) in [5, 5.41) is 0.649. The molecule has 4 heteroatoms. The fourth-order valence-corrected chi connectivity index (χ4v) is 2.24. The van der Waals surface area contributed by atoms with Gasteiger partial charge in [-0.15, -0.1) is 0 Å². The third-order valence-electron chi connectivity index (χ3n) is 2.93. The van der Waals surface area contributed by atoms with Crippen LogP contribution in [-0.4, -0.2) is 13.2 Å². The smallest absolute Gasteiger partial charge is 0.162 e. The highest BCUT2D eigenvalue weighted by atomic mass is 35.5. The molecule has 0 aliphatic heterocycles. The summed E-state index contributed by atoms with van der Waals surface area (Å²) < 4.78 is 11.1. The summed E-state index contributed by atoms with van der Waals surface area (Å²) in [6.07, 6.45) is 3.14. The Hall–Kier alpha value is -0.930. The van der Waals surface area contributed by atoms with Crippen LogP contribution in [0.2, 0.25) is 5.02 Å². The van der Waals surface area contributed by atoms with Gasteiger partial charge in [0.05, 0.1) is 13.2 Å². The van der Waals surface area contributed by atoms with Crippen LogP contribution in [0.25, 0.3) is 0 Å². The average molecular weight is 286 g/mol. The standard InChI is InChI=1S/C15H24ClNO2/c1-4-7-8-13(17)11-9-14(18-5-2)15(19-6-3)10-12(11)16/h9-10,13H,4-8,17H2,1-3H3. The Kier molecular flexibility index (Phi) is 7.03. The van der Waals surface area contributed by atoms with Gasteiger partial charge in [-0.1, -0.05) is 31.4 Å². The molecule has 19 heavy (non-hydrogen) atoms. The van der Waals surface area contributed by atoms with Gasteiger partial charge in [-0.2, -0.15) is 0 Å². The number of hydrogen-bond acceptors (Lipinski definition) is 3. The highest BCUT2D eigenvalue weighted by Gasteiger charge is 2.15. The van der Waals surface area contributed by atoms with E-state index in [9.17, 15) is 0 Å². The van der Waals surface area contributed by atoms with Gasteiger partial charge in [0, 0.05) is 17.1 Å². The monoisotopic (exact) mass is 285 g/mol. The number of rotatable bonds is 8. The van der Waals surface area contributed by atoms with E-state index in [0.29, 0.717) is 24.0 Å². The van der Waals surface area contributed by atoms with Crippen molar-refractivity contribution in [2.75, 3.05) is 13.2 Å². The Morgan fingerprint density at radius 3 is 2.21 bits per heavy atom. The summed E-state index contributed by atoms with van der Waals surface area (Å²) in [5.74, 6) is 1.40. The molecule has 0 amide bonds. The van der Waals surface area contributed by atoms with Gasteiger partial charge in [-0.05, 0) is 31.9 Å². The normalized spacial score (nSPS) is 12.3.